The summed E-state index contributed by atoms with van der Waals surface area (Å²) in [4.78, 5) is 9.79. The number of hydrogen-bond donors (Lipinski definition) is 0. The summed E-state index contributed by atoms with van der Waals surface area (Å²) in [5, 5.41) is 1.69. The Morgan fingerprint density at radius 1 is 1.20 bits per heavy atom. The molecule has 74 valence electrons. The quantitative estimate of drug-likeness (QED) is 0.690. The number of nitrogens with zero attached hydrogens (tertiary/aromatic N) is 2. The van der Waals surface area contributed by atoms with Crippen molar-refractivity contribution in [3.05, 3.63) is 60.1 Å². The van der Waals surface area contributed by atoms with Gasteiger partial charge in [0.15, 0.2) is 5.82 Å². The highest BCUT2D eigenvalue weighted by Gasteiger charge is 2.17. The molecule has 0 spiro atoms. The average Bonchev–Trinajstić information content (AvgIpc) is 2.77. The minimum absolute atomic E-state index is 0.602. The zero-order valence-corrected chi connectivity index (χ0v) is 8.13. The number of fused-ring (bicyclic) bond motifs is 1. The van der Waals surface area contributed by atoms with E-state index in [9.17, 15) is 0 Å². The molecule has 0 aliphatic carbocycles. The van der Waals surface area contributed by atoms with Crippen LogP contribution in [0.5, 0.6) is 0 Å². The molecule has 0 atom stereocenters. The van der Waals surface area contributed by atoms with E-state index in [2.05, 4.69) is 17.1 Å². The highest BCUT2D eigenvalue weighted by molar-refractivity contribution is 6.09. The molecule has 2 heterocycles. The van der Waals surface area contributed by atoms with Gasteiger partial charge in [-0.2, -0.15) is 0 Å². The van der Waals surface area contributed by atoms with Crippen molar-refractivity contribution in [1.82, 2.24) is 5.06 Å². The Hall–Kier alpha value is -1.87. The summed E-state index contributed by atoms with van der Waals surface area (Å²) < 4.78 is 0. The molecule has 0 amide bonds. The van der Waals surface area contributed by atoms with Crippen LogP contribution in [0.4, 0.5) is 0 Å². The van der Waals surface area contributed by atoms with E-state index in [1.54, 1.807) is 5.06 Å². The van der Waals surface area contributed by atoms with Crippen LogP contribution in [0.2, 0.25) is 0 Å². The molecule has 0 bridgehead atoms. The van der Waals surface area contributed by atoms with Gasteiger partial charge >= 0.3 is 0 Å². The van der Waals surface area contributed by atoms with Crippen LogP contribution in [0.3, 0.4) is 0 Å². The summed E-state index contributed by atoms with van der Waals surface area (Å²) in [6.45, 7) is 0.602. The second kappa shape index (κ2) is 3.37. The fourth-order valence-corrected chi connectivity index (χ4v) is 1.63. The average molecular weight is 198 g/mol. The highest BCUT2D eigenvalue weighted by Crippen LogP contribution is 2.20. The van der Waals surface area contributed by atoms with Crippen LogP contribution in [0, 0.1) is 0 Å². The van der Waals surface area contributed by atoms with Gasteiger partial charge in [-0.25, -0.2) is 10.1 Å². The summed E-state index contributed by atoms with van der Waals surface area (Å²) in [7, 11) is 0. The van der Waals surface area contributed by atoms with Crippen molar-refractivity contribution >= 4 is 5.71 Å². The van der Waals surface area contributed by atoms with Crippen molar-refractivity contribution in [2.45, 2.75) is 0 Å². The minimum Gasteiger partial charge on any atom is -0.263 e. The first-order chi connectivity index (χ1) is 7.43. The first-order valence-electron chi connectivity index (χ1n) is 4.88. The van der Waals surface area contributed by atoms with Crippen molar-refractivity contribution in [2.24, 2.45) is 4.99 Å². The summed E-state index contributed by atoms with van der Waals surface area (Å²) in [6, 6.07) is 10.1. The standard InChI is InChI=1S/C12H10N2O/c1-2-4-10(5-3-1)11-6-8-14-12(13-11)7-9-15-14/h1-8H,9H2. The summed E-state index contributed by atoms with van der Waals surface area (Å²) >= 11 is 0. The molecule has 1 aromatic carbocycles. The van der Waals surface area contributed by atoms with Gasteiger partial charge in [0.1, 0.15) is 0 Å². The Morgan fingerprint density at radius 3 is 2.93 bits per heavy atom. The zero-order chi connectivity index (χ0) is 10.1. The van der Waals surface area contributed by atoms with Gasteiger partial charge in [-0.1, -0.05) is 30.3 Å². The second-order valence-electron chi connectivity index (χ2n) is 3.36. The third-order valence-electron chi connectivity index (χ3n) is 2.38. The van der Waals surface area contributed by atoms with Gasteiger partial charge < -0.3 is 0 Å². The van der Waals surface area contributed by atoms with Gasteiger partial charge in [0.25, 0.3) is 0 Å². The number of allylic oxidation sites excluding steroid dienone is 1. The van der Waals surface area contributed by atoms with Gasteiger partial charge in [-0.15, -0.1) is 0 Å². The van der Waals surface area contributed by atoms with Gasteiger partial charge in [0.2, 0.25) is 0 Å². The number of hydroxylamine groups is 2. The smallest absolute Gasteiger partial charge is 0.156 e. The van der Waals surface area contributed by atoms with Crippen LogP contribution in [0.25, 0.3) is 0 Å². The number of hydrogen-bond acceptors (Lipinski definition) is 3. The van der Waals surface area contributed by atoms with Crippen LogP contribution < -0.4 is 0 Å². The van der Waals surface area contributed by atoms with E-state index < -0.39 is 0 Å². The van der Waals surface area contributed by atoms with Crippen LogP contribution in [-0.2, 0) is 4.84 Å². The molecule has 0 fully saturated rings. The van der Waals surface area contributed by atoms with Crippen LogP contribution in [0.15, 0.2) is 59.5 Å². The second-order valence-corrected chi connectivity index (χ2v) is 3.36. The van der Waals surface area contributed by atoms with Gasteiger partial charge in [-0.3, -0.25) is 4.84 Å². The molecule has 3 rings (SSSR count). The maximum atomic E-state index is 5.29. The van der Waals surface area contributed by atoms with E-state index >= 15 is 0 Å². The van der Waals surface area contributed by atoms with E-state index in [-0.39, 0.29) is 0 Å². The Balaban J connectivity index is 1.99. The Morgan fingerprint density at radius 2 is 2.07 bits per heavy atom. The van der Waals surface area contributed by atoms with Crippen LogP contribution >= 0.6 is 0 Å². The molecule has 0 N–H and O–H groups in total. The summed E-state index contributed by atoms with van der Waals surface area (Å²) in [5.41, 5.74) is 2.10. The van der Waals surface area contributed by atoms with Crippen LogP contribution in [0.1, 0.15) is 5.56 Å². The SMILES string of the molecule is C1=CN2OCC=C2N=C1c1ccccc1. The summed E-state index contributed by atoms with van der Waals surface area (Å²) in [6.07, 6.45) is 5.82. The molecule has 2 aliphatic heterocycles. The first-order valence-corrected chi connectivity index (χ1v) is 4.88. The molecule has 1 aromatic rings. The topological polar surface area (TPSA) is 24.8 Å². The van der Waals surface area contributed by atoms with Crippen molar-refractivity contribution in [3.63, 3.8) is 0 Å². The molecule has 3 heteroatoms. The van der Waals surface area contributed by atoms with E-state index in [4.69, 9.17) is 4.84 Å². The van der Waals surface area contributed by atoms with Crippen molar-refractivity contribution in [1.29, 1.82) is 0 Å². The van der Waals surface area contributed by atoms with Gasteiger partial charge in [0.05, 0.1) is 12.3 Å². The predicted octanol–water partition coefficient (Wildman–Crippen LogP) is 2.09. The normalized spacial score (nSPS) is 18.5. The fourth-order valence-electron chi connectivity index (χ4n) is 1.63. The lowest BCUT2D eigenvalue weighted by molar-refractivity contribution is -0.0583. The van der Waals surface area contributed by atoms with E-state index in [0.29, 0.717) is 6.61 Å². The van der Waals surface area contributed by atoms with E-state index in [1.165, 1.54) is 0 Å². The molecular formula is C12H10N2O. The molecule has 0 saturated heterocycles. The predicted molar refractivity (Wildman–Crippen MR) is 58.0 cm³/mol. The lowest BCUT2D eigenvalue weighted by Gasteiger charge is -2.17. The monoisotopic (exact) mass is 198 g/mol. The van der Waals surface area contributed by atoms with Gasteiger partial charge in [-0.05, 0) is 12.2 Å². The number of rotatable bonds is 1. The van der Waals surface area contributed by atoms with Crippen molar-refractivity contribution < 1.29 is 4.84 Å². The van der Waals surface area contributed by atoms with Crippen LogP contribution in [-0.4, -0.2) is 17.4 Å². The first kappa shape index (κ1) is 8.44. The zero-order valence-electron chi connectivity index (χ0n) is 8.13. The van der Waals surface area contributed by atoms with Crippen molar-refractivity contribution in [3.8, 4) is 0 Å². The minimum atomic E-state index is 0.602. The molecule has 3 nitrogen and oxygen atoms in total. The number of aliphatic imine (C=N–C) groups is 1. The van der Waals surface area contributed by atoms with E-state index in [0.717, 1.165) is 17.1 Å². The summed E-state index contributed by atoms with van der Waals surface area (Å²) in [5.74, 6) is 0.872. The lowest BCUT2D eigenvalue weighted by atomic mass is 10.1. The maximum Gasteiger partial charge on any atom is 0.156 e. The Bertz CT molecular complexity index is 460. The third kappa shape index (κ3) is 1.47. The molecular weight excluding hydrogens is 188 g/mol. The fraction of sp³-hybridized carbons (Fsp3) is 0.0833. The maximum absolute atomic E-state index is 5.29. The number of benzene rings is 1. The Labute approximate surface area is 88.0 Å². The Kier molecular flexibility index (Phi) is 1.89. The van der Waals surface area contributed by atoms with Crippen molar-refractivity contribution in [2.75, 3.05) is 6.61 Å². The molecule has 0 unspecified atom stereocenters. The molecule has 2 aliphatic rings. The molecule has 0 aromatic heterocycles. The molecule has 0 saturated carbocycles. The molecule has 0 radical (unpaired) electrons. The van der Waals surface area contributed by atoms with E-state index in [1.807, 2.05) is 36.6 Å². The lowest BCUT2D eigenvalue weighted by Crippen LogP contribution is -2.15. The highest BCUT2D eigenvalue weighted by atomic mass is 16.7. The third-order valence-corrected chi connectivity index (χ3v) is 2.38. The largest absolute Gasteiger partial charge is 0.263 e. The van der Waals surface area contributed by atoms with Gasteiger partial charge in [0, 0.05) is 11.8 Å². The molecule has 15 heavy (non-hydrogen) atoms.